The zero-order valence-electron chi connectivity index (χ0n) is 20.4. The summed E-state index contributed by atoms with van der Waals surface area (Å²) in [6, 6.07) is 19.6. The molecule has 1 fully saturated rings. The lowest BCUT2D eigenvalue weighted by Gasteiger charge is -2.26. The first kappa shape index (κ1) is 24.7. The molecule has 3 aromatic rings. The number of carbonyl (C=O) groups excluding carboxylic acids is 3. The van der Waals surface area contributed by atoms with E-state index in [1.54, 1.807) is 74.7 Å². The van der Waals surface area contributed by atoms with Gasteiger partial charge in [0.2, 0.25) is 0 Å². The summed E-state index contributed by atoms with van der Waals surface area (Å²) in [5.74, 6) is -1.79. The number of aryl methyl sites for hydroxylation is 1. The Morgan fingerprint density at radius 1 is 1.00 bits per heavy atom. The number of nitrogens with zero attached hydrogens (tertiary/aromatic N) is 1. The van der Waals surface area contributed by atoms with Gasteiger partial charge in [0, 0.05) is 11.3 Å². The highest BCUT2D eigenvalue weighted by Crippen LogP contribution is 2.42. The van der Waals surface area contributed by atoms with Crippen LogP contribution in [0.3, 0.4) is 0 Å². The van der Waals surface area contributed by atoms with Crippen LogP contribution in [0.1, 0.15) is 46.4 Å². The molecule has 4 rings (SSSR count). The number of hydrogen-bond donors (Lipinski definition) is 1. The molecule has 3 aromatic carbocycles. The summed E-state index contributed by atoms with van der Waals surface area (Å²) >= 11 is 0. The van der Waals surface area contributed by atoms with Crippen molar-refractivity contribution < 1.29 is 29.0 Å². The minimum atomic E-state index is -0.894. The van der Waals surface area contributed by atoms with Crippen LogP contribution in [-0.4, -0.2) is 36.5 Å². The Bertz CT molecular complexity index is 1340. The molecule has 36 heavy (non-hydrogen) atoms. The molecule has 1 aliphatic heterocycles. The highest BCUT2D eigenvalue weighted by molar-refractivity contribution is 6.51. The van der Waals surface area contributed by atoms with Gasteiger partial charge in [-0.3, -0.25) is 14.5 Å². The summed E-state index contributed by atoms with van der Waals surface area (Å²) in [5.41, 5.74) is 2.34. The van der Waals surface area contributed by atoms with E-state index in [9.17, 15) is 19.5 Å². The van der Waals surface area contributed by atoms with Crippen LogP contribution in [0.5, 0.6) is 5.75 Å². The zero-order valence-corrected chi connectivity index (χ0v) is 20.4. The van der Waals surface area contributed by atoms with E-state index >= 15 is 0 Å². The molecule has 1 aliphatic rings. The number of aliphatic hydroxyl groups excluding tert-OH is 1. The zero-order chi connectivity index (χ0) is 25.8. The average Bonchev–Trinajstić information content (AvgIpc) is 3.17. The first-order valence-electron chi connectivity index (χ1n) is 11.7. The smallest absolute Gasteiger partial charge is 0.338 e. The molecule has 0 spiro atoms. The summed E-state index contributed by atoms with van der Waals surface area (Å²) < 4.78 is 10.5. The normalized spacial score (nSPS) is 16.8. The Morgan fingerprint density at radius 3 is 2.42 bits per heavy atom. The number of Topliss-reactive ketones (excluding diaryl/α,β-unsaturated/α-hetero) is 1. The maximum atomic E-state index is 13.4. The van der Waals surface area contributed by atoms with Gasteiger partial charge in [-0.15, -0.1) is 0 Å². The van der Waals surface area contributed by atoms with Gasteiger partial charge in [0.05, 0.1) is 30.9 Å². The second-order valence-electron chi connectivity index (χ2n) is 8.45. The van der Waals surface area contributed by atoms with Gasteiger partial charge in [-0.05, 0) is 60.9 Å². The number of carbonyl (C=O) groups is 3. The van der Waals surface area contributed by atoms with Crippen LogP contribution in [0.15, 0.2) is 78.4 Å². The van der Waals surface area contributed by atoms with E-state index in [2.05, 4.69) is 0 Å². The van der Waals surface area contributed by atoms with Crippen LogP contribution in [0, 0.1) is 6.92 Å². The number of methoxy groups -OCH3 is 1. The molecule has 7 heteroatoms. The fraction of sp³-hybridized carbons (Fsp3) is 0.207. The number of esters is 1. The first-order valence-corrected chi connectivity index (χ1v) is 11.7. The Morgan fingerprint density at radius 2 is 1.75 bits per heavy atom. The Kier molecular flexibility index (Phi) is 7.20. The fourth-order valence-corrected chi connectivity index (χ4v) is 4.28. The monoisotopic (exact) mass is 485 g/mol. The SMILES string of the molecule is CCCOC(=O)c1cccc(N2C(=O)C(=O)/C(=C(\O)c3ccc(OC)cc3C)C2c2ccccc2)c1. The summed E-state index contributed by atoms with van der Waals surface area (Å²) in [6.07, 6.45) is 0.679. The van der Waals surface area contributed by atoms with Crippen LogP contribution in [0.25, 0.3) is 5.76 Å². The van der Waals surface area contributed by atoms with Crippen molar-refractivity contribution in [3.8, 4) is 5.75 Å². The molecule has 7 nitrogen and oxygen atoms in total. The molecule has 1 heterocycles. The van der Waals surface area contributed by atoms with Gasteiger partial charge in [-0.1, -0.05) is 43.3 Å². The number of amides is 1. The van der Waals surface area contributed by atoms with Gasteiger partial charge in [0.25, 0.3) is 11.7 Å². The average molecular weight is 486 g/mol. The third-order valence-electron chi connectivity index (χ3n) is 6.05. The van der Waals surface area contributed by atoms with Crippen molar-refractivity contribution in [2.24, 2.45) is 0 Å². The molecule has 1 amide bonds. The molecule has 0 saturated carbocycles. The summed E-state index contributed by atoms with van der Waals surface area (Å²) in [6.45, 7) is 3.96. The molecule has 184 valence electrons. The van der Waals surface area contributed by atoms with Crippen molar-refractivity contribution in [3.05, 3.63) is 101 Å². The predicted molar refractivity (Wildman–Crippen MR) is 136 cm³/mol. The Labute approximate surface area is 209 Å². The molecular formula is C29H27NO6. The number of anilines is 1. The highest BCUT2D eigenvalue weighted by Gasteiger charge is 2.47. The van der Waals surface area contributed by atoms with Crippen molar-refractivity contribution in [1.29, 1.82) is 0 Å². The summed E-state index contributed by atoms with van der Waals surface area (Å²) in [5, 5.41) is 11.4. The second kappa shape index (κ2) is 10.5. The number of ketones is 1. The van der Waals surface area contributed by atoms with Gasteiger partial charge in [0.1, 0.15) is 11.5 Å². The van der Waals surface area contributed by atoms with Gasteiger partial charge < -0.3 is 14.6 Å². The molecular weight excluding hydrogens is 458 g/mol. The molecule has 1 N–H and O–H groups in total. The van der Waals surface area contributed by atoms with E-state index in [0.717, 1.165) is 0 Å². The summed E-state index contributed by atoms with van der Waals surface area (Å²) in [7, 11) is 1.54. The van der Waals surface area contributed by atoms with Crippen molar-refractivity contribution in [1.82, 2.24) is 0 Å². The topological polar surface area (TPSA) is 93.1 Å². The number of aliphatic hydroxyl groups is 1. The van der Waals surface area contributed by atoms with E-state index in [-0.39, 0.29) is 23.5 Å². The van der Waals surface area contributed by atoms with E-state index in [4.69, 9.17) is 9.47 Å². The second-order valence-corrected chi connectivity index (χ2v) is 8.45. The van der Waals surface area contributed by atoms with Crippen molar-refractivity contribution in [3.63, 3.8) is 0 Å². The van der Waals surface area contributed by atoms with E-state index in [1.165, 1.54) is 11.0 Å². The van der Waals surface area contributed by atoms with Crippen LogP contribution >= 0.6 is 0 Å². The molecule has 1 saturated heterocycles. The van der Waals surface area contributed by atoms with E-state index in [0.29, 0.717) is 34.5 Å². The fourth-order valence-electron chi connectivity index (χ4n) is 4.28. The standard InChI is InChI=1S/C29H27NO6/c1-4-15-36-29(34)20-11-8-12-21(17-20)30-25(19-9-6-5-7-10-19)24(27(32)28(30)33)26(31)23-14-13-22(35-3)16-18(23)2/h5-14,16-17,25,31H,4,15H2,1-3H3/b26-24-. The lowest BCUT2D eigenvalue weighted by atomic mass is 9.93. The lowest BCUT2D eigenvalue weighted by Crippen LogP contribution is -2.29. The van der Waals surface area contributed by atoms with Crippen molar-refractivity contribution in [2.45, 2.75) is 26.3 Å². The highest BCUT2D eigenvalue weighted by atomic mass is 16.5. The minimum Gasteiger partial charge on any atom is -0.507 e. The minimum absolute atomic E-state index is 0.0292. The maximum Gasteiger partial charge on any atom is 0.338 e. The lowest BCUT2D eigenvalue weighted by molar-refractivity contribution is -0.132. The van der Waals surface area contributed by atoms with Crippen molar-refractivity contribution >= 4 is 29.1 Å². The molecule has 1 atom stereocenters. The number of hydrogen-bond acceptors (Lipinski definition) is 6. The Balaban J connectivity index is 1.87. The van der Waals surface area contributed by atoms with Crippen LogP contribution in [0.2, 0.25) is 0 Å². The number of benzene rings is 3. The van der Waals surface area contributed by atoms with Crippen LogP contribution in [0.4, 0.5) is 5.69 Å². The van der Waals surface area contributed by atoms with Gasteiger partial charge in [-0.2, -0.15) is 0 Å². The molecule has 0 aliphatic carbocycles. The number of ether oxygens (including phenoxy) is 2. The van der Waals surface area contributed by atoms with Gasteiger partial charge in [-0.25, -0.2) is 4.79 Å². The van der Waals surface area contributed by atoms with Gasteiger partial charge in [0.15, 0.2) is 0 Å². The Hall–Kier alpha value is -4.39. The molecule has 0 bridgehead atoms. The molecule has 1 unspecified atom stereocenters. The maximum absolute atomic E-state index is 13.4. The molecule has 0 radical (unpaired) electrons. The van der Waals surface area contributed by atoms with Gasteiger partial charge >= 0.3 is 5.97 Å². The van der Waals surface area contributed by atoms with Crippen LogP contribution < -0.4 is 9.64 Å². The van der Waals surface area contributed by atoms with E-state index in [1.807, 2.05) is 13.0 Å². The third-order valence-corrected chi connectivity index (χ3v) is 6.05. The predicted octanol–water partition coefficient (Wildman–Crippen LogP) is 5.20. The van der Waals surface area contributed by atoms with Crippen LogP contribution in [-0.2, 0) is 14.3 Å². The summed E-state index contributed by atoms with van der Waals surface area (Å²) in [4.78, 5) is 40.5. The largest absolute Gasteiger partial charge is 0.507 e. The molecule has 0 aromatic heterocycles. The van der Waals surface area contributed by atoms with E-state index < -0.39 is 23.7 Å². The first-order chi connectivity index (χ1) is 17.4. The quantitative estimate of drug-likeness (QED) is 0.214. The third kappa shape index (κ3) is 4.60. The number of rotatable bonds is 7. The van der Waals surface area contributed by atoms with Crippen molar-refractivity contribution in [2.75, 3.05) is 18.6 Å².